The summed E-state index contributed by atoms with van der Waals surface area (Å²) in [6.45, 7) is 11.0. The third-order valence-electron chi connectivity index (χ3n) is 16.1. The number of carbonyl (C=O) groups is 15. The van der Waals surface area contributed by atoms with Crippen molar-refractivity contribution in [2.45, 2.75) is 205 Å². The Morgan fingerprint density at radius 3 is 1.47 bits per heavy atom. The van der Waals surface area contributed by atoms with Crippen LogP contribution >= 0.6 is 25.3 Å². The number of aliphatic hydroxyl groups is 2. The zero-order chi connectivity index (χ0) is 69.1. The summed E-state index contributed by atoms with van der Waals surface area (Å²) < 4.78 is 0. The highest BCUT2D eigenvalue weighted by Gasteiger charge is 2.46. The average molecular weight is 1330 g/mol. The van der Waals surface area contributed by atoms with Crippen LogP contribution in [0.2, 0.25) is 0 Å². The third kappa shape index (κ3) is 24.6. The first-order valence-electron chi connectivity index (χ1n) is 30.4. The fraction of sp³-hybridized carbons (Fsp3) is 0.732. The highest BCUT2D eigenvalue weighted by Crippen LogP contribution is 2.27. The second-order valence-corrected chi connectivity index (χ2v) is 23.7. The number of nitrogens with one attached hydrogen (secondary N) is 10. The van der Waals surface area contributed by atoms with Crippen LogP contribution in [0.3, 0.4) is 0 Å². The maximum absolute atomic E-state index is 14.6. The summed E-state index contributed by atoms with van der Waals surface area (Å²) >= 11 is 8.10. The highest BCUT2D eigenvalue weighted by molar-refractivity contribution is 7.80. The van der Waals surface area contributed by atoms with Gasteiger partial charge in [-0.2, -0.15) is 25.3 Å². The van der Waals surface area contributed by atoms with Crippen LogP contribution < -0.4 is 70.4 Å². The maximum Gasteiger partial charge on any atom is 0.326 e. The van der Waals surface area contributed by atoms with E-state index in [1.807, 2.05) is 0 Å². The van der Waals surface area contributed by atoms with Crippen molar-refractivity contribution in [2.24, 2.45) is 35.0 Å². The van der Waals surface area contributed by atoms with Crippen LogP contribution in [-0.2, 0) is 71.9 Å². The summed E-state index contributed by atoms with van der Waals surface area (Å²) in [4.78, 5) is 201. The lowest BCUT2D eigenvalue weighted by molar-refractivity contribution is -0.149. The molecule has 33 nitrogen and oxygen atoms in total. The Hall–Kier alpha value is -7.37. The smallest absolute Gasteiger partial charge is 0.326 e. The molecule has 0 aromatic rings. The Balaban J connectivity index is 2.24. The molecule has 2 heterocycles. The van der Waals surface area contributed by atoms with Crippen LogP contribution in [0.4, 0.5) is 0 Å². The highest BCUT2D eigenvalue weighted by atomic mass is 32.1. The van der Waals surface area contributed by atoms with Crippen LogP contribution in [0.5, 0.6) is 0 Å². The number of likely N-dealkylation sites (tertiary alicyclic amines) is 2. The standard InChI is InChI=1S/C56H95N15O18S2/c1-9-26(4)41(66-40(76)22-60-46(78)31(57)24-90)51(83)62-32(16-18-38(58)74)47(79)69-44(30(8)73)53(85)61-29(7)45(77)64-34(23-72)48(80)68-43(28(6)11-3)55(87)71-21-13-15-37(71)54(86)70-20-12-14-36(70)50(82)67-42(27(5)10-2)52(84)65-35(25-91)49(81)63-33(56(88)89)17-19-39(59)75/h26-37,41-44,72-73,90-91H,9-25,57H2,1-8H3,(H2,58,74)(H2,59,75)(H,60,78)(H,61,85)(H,62,83)(H,63,81)(H,64,77)(H,65,84)(H,66,76)(H,67,82)(H,68,80)(H,69,79)(H,88,89)/t26-,27-,28-,29-,30+,31-,32-,33-,34-,35-,36-,37-,41-,42-,43-,44-/m0/s1. The van der Waals surface area contributed by atoms with Gasteiger partial charge in [-0.25, -0.2) is 4.79 Å². The molecule has 0 aliphatic carbocycles. The number of amides is 14. The molecule has 2 fully saturated rings. The van der Waals surface area contributed by atoms with Crippen LogP contribution in [0.15, 0.2) is 0 Å². The Labute approximate surface area is 539 Å². The van der Waals surface area contributed by atoms with Crippen molar-refractivity contribution in [1.29, 1.82) is 0 Å². The molecule has 2 aliphatic rings. The molecule has 2 rings (SSSR count). The van der Waals surface area contributed by atoms with Crippen molar-refractivity contribution < 1.29 is 87.2 Å². The first-order chi connectivity index (χ1) is 42.7. The molecule has 0 aromatic heterocycles. The number of carbonyl (C=O) groups excluding carboxylic acids is 14. The van der Waals surface area contributed by atoms with E-state index in [0.29, 0.717) is 32.1 Å². The molecule has 2 aliphatic heterocycles. The molecule has 16 atom stereocenters. The molecule has 0 spiro atoms. The van der Waals surface area contributed by atoms with E-state index in [0.717, 1.165) is 6.92 Å². The van der Waals surface area contributed by atoms with Gasteiger partial charge in [0.2, 0.25) is 82.7 Å². The molecule has 91 heavy (non-hydrogen) atoms. The van der Waals surface area contributed by atoms with E-state index in [-0.39, 0.29) is 50.3 Å². The number of thiol groups is 2. The minimum absolute atomic E-state index is 0.00953. The first-order valence-corrected chi connectivity index (χ1v) is 31.7. The van der Waals surface area contributed by atoms with Gasteiger partial charge in [-0.15, -0.1) is 0 Å². The summed E-state index contributed by atoms with van der Waals surface area (Å²) in [7, 11) is 0. The summed E-state index contributed by atoms with van der Waals surface area (Å²) in [5, 5.41) is 54.9. The number of nitrogens with zero attached hydrogens (tertiary/aromatic N) is 2. The molecule has 0 saturated carbocycles. The van der Waals surface area contributed by atoms with Crippen LogP contribution in [0.25, 0.3) is 0 Å². The van der Waals surface area contributed by atoms with Gasteiger partial charge in [-0.3, -0.25) is 67.1 Å². The van der Waals surface area contributed by atoms with Gasteiger partial charge in [-0.05, 0) is 70.1 Å². The average Bonchev–Trinajstić information content (AvgIpc) is 1.73. The number of primary amides is 2. The van der Waals surface area contributed by atoms with E-state index in [1.165, 1.54) is 16.7 Å². The van der Waals surface area contributed by atoms with Gasteiger partial charge in [0.15, 0.2) is 0 Å². The minimum atomic E-state index is -1.82. The zero-order valence-electron chi connectivity index (χ0n) is 52.7. The number of rotatable bonds is 39. The van der Waals surface area contributed by atoms with E-state index < -0.39 is 211 Å². The second kappa shape index (κ2) is 39.1. The fourth-order valence-electron chi connectivity index (χ4n) is 9.76. The third-order valence-corrected chi connectivity index (χ3v) is 16.8. The van der Waals surface area contributed by atoms with Gasteiger partial charge in [0.1, 0.15) is 66.5 Å². The van der Waals surface area contributed by atoms with Gasteiger partial charge in [0, 0.05) is 37.4 Å². The zero-order valence-corrected chi connectivity index (χ0v) is 54.5. The lowest BCUT2D eigenvalue weighted by Gasteiger charge is -2.35. The van der Waals surface area contributed by atoms with Gasteiger partial charge in [0.05, 0.1) is 25.3 Å². The van der Waals surface area contributed by atoms with Crippen molar-refractivity contribution in [3.8, 4) is 0 Å². The van der Waals surface area contributed by atoms with Crippen molar-refractivity contribution in [3.63, 3.8) is 0 Å². The van der Waals surface area contributed by atoms with Gasteiger partial charge < -0.3 is 95.5 Å². The van der Waals surface area contributed by atoms with Gasteiger partial charge in [-0.1, -0.05) is 60.8 Å². The Morgan fingerprint density at radius 2 is 0.967 bits per heavy atom. The maximum atomic E-state index is 14.6. The summed E-state index contributed by atoms with van der Waals surface area (Å²) in [6.07, 6.45) is -1.09. The van der Waals surface area contributed by atoms with Crippen LogP contribution in [0, 0.1) is 17.8 Å². The first kappa shape index (κ1) is 79.7. The van der Waals surface area contributed by atoms with Crippen molar-refractivity contribution >= 4 is 114 Å². The molecule has 19 N–H and O–H groups in total. The molecule has 35 heteroatoms. The fourth-order valence-corrected chi connectivity index (χ4v) is 10.2. The van der Waals surface area contributed by atoms with E-state index in [9.17, 15) is 87.2 Å². The molecule has 0 bridgehead atoms. The van der Waals surface area contributed by atoms with E-state index in [4.69, 9.17) is 17.2 Å². The Bertz CT molecular complexity index is 2610. The van der Waals surface area contributed by atoms with Crippen molar-refractivity contribution in [3.05, 3.63) is 0 Å². The number of aliphatic hydroxyl groups excluding tert-OH is 2. The Morgan fingerprint density at radius 1 is 0.516 bits per heavy atom. The summed E-state index contributed by atoms with van der Waals surface area (Å²) in [6, 6.07) is -16.7. The molecular weight excluding hydrogens is 1230 g/mol. The van der Waals surface area contributed by atoms with E-state index in [2.05, 4.69) is 78.4 Å². The number of aliphatic carboxylic acids is 1. The predicted molar refractivity (Wildman–Crippen MR) is 333 cm³/mol. The molecule has 0 unspecified atom stereocenters. The van der Waals surface area contributed by atoms with Gasteiger partial charge in [0.25, 0.3) is 0 Å². The summed E-state index contributed by atoms with van der Waals surface area (Å²) in [5.74, 6) is -15.4. The lowest BCUT2D eigenvalue weighted by Crippen LogP contribution is -2.62. The van der Waals surface area contributed by atoms with E-state index in [1.54, 1.807) is 41.5 Å². The molecule has 0 aromatic carbocycles. The second-order valence-electron chi connectivity index (χ2n) is 23.0. The number of nitrogens with two attached hydrogens (primary N) is 3. The number of hydrogen-bond acceptors (Lipinski definition) is 20. The quantitative estimate of drug-likeness (QED) is 0.0255. The van der Waals surface area contributed by atoms with Gasteiger partial charge >= 0.3 is 5.97 Å². The number of carboxylic acids is 1. The van der Waals surface area contributed by atoms with Crippen molar-refractivity contribution in [2.75, 3.05) is 37.7 Å². The largest absolute Gasteiger partial charge is 0.480 e. The lowest BCUT2D eigenvalue weighted by atomic mass is 9.96. The molecule has 0 radical (unpaired) electrons. The monoisotopic (exact) mass is 1330 g/mol. The van der Waals surface area contributed by atoms with Crippen LogP contribution in [0.1, 0.15) is 126 Å². The number of carboxylic acid groups (broad SMARTS) is 1. The van der Waals surface area contributed by atoms with Crippen LogP contribution in [-0.4, -0.2) is 230 Å². The summed E-state index contributed by atoms with van der Waals surface area (Å²) in [5.41, 5.74) is 16.1. The SMILES string of the molecule is CC[C@H](C)[C@H](NC(=O)CNC(=O)[C@@H](N)CS)C(=O)N[C@@H](CCC(N)=O)C(=O)N[C@H](C(=O)N[C@@H](C)C(=O)N[C@@H](CO)C(=O)N[C@H](C(=O)N1CCC[C@H]1C(=O)N1CCC[C@H]1C(=O)N[C@H](C(=O)N[C@@H](CS)C(=O)N[C@@H](CCC(N)=O)C(=O)O)[C@@H](C)CC)[C@@H](C)CC)[C@@H](C)O. The minimum Gasteiger partial charge on any atom is -0.480 e. The molecule has 2 saturated heterocycles. The molecular formula is C56H95N15O18S2. The normalized spacial score (nSPS) is 19.2. The molecule has 514 valence electrons. The van der Waals surface area contributed by atoms with Crippen molar-refractivity contribution in [1.82, 2.24) is 63.0 Å². The topological polar surface area (TPSA) is 522 Å². The Kier molecular flexibility index (Phi) is 34.3. The number of hydrogen-bond donors (Lipinski definition) is 18. The molecule has 14 amide bonds. The van der Waals surface area contributed by atoms with E-state index >= 15 is 0 Å². The predicted octanol–water partition coefficient (Wildman–Crippen LogP) is -6.22.